The zero-order valence-corrected chi connectivity index (χ0v) is 18.7. The van der Waals surface area contributed by atoms with Gasteiger partial charge < -0.3 is 19.5 Å². The number of halogens is 1. The van der Waals surface area contributed by atoms with E-state index in [1.807, 2.05) is 24.3 Å². The van der Waals surface area contributed by atoms with Crippen molar-refractivity contribution in [3.8, 4) is 17.0 Å². The zero-order chi connectivity index (χ0) is 23.5. The van der Waals surface area contributed by atoms with Gasteiger partial charge in [0.2, 0.25) is 5.91 Å². The van der Waals surface area contributed by atoms with Crippen molar-refractivity contribution < 1.29 is 18.4 Å². The second-order valence-electron chi connectivity index (χ2n) is 8.25. The second kappa shape index (κ2) is 9.46. The molecule has 5 rings (SSSR count). The summed E-state index contributed by atoms with van der Waals surface area (Å²) in [5, 5.41) is 7.81. The molecule has 0 aliphatic carbocycles. The molecule has 1 aliphatic heterocycles. The van der Waals surface area contributed by atoms with Crippen molar-refractivity contribution >= 4 is 22.8 Å². The van der Waals surface area contributed by atoms with Crippen LogP contribution in [0.1, 0.15) is 18.4 Å². The highest BCUT2D eigenvalue weighted by Crippen LogP contribution is 2.34. The molecule has 34 heavy (non-hydrogen) atoms. The number of methoxy groups -OCH3 is 1. The molecular formula is C25H24FN5O3. The van der Waals surface area contributed by atoms with E-state index in [0.29, 0.717) is 60.7 Å². The highest BCUT2D eigenvalue weighted by Gasteiger charge is 2.28. The molecule has 9 heteroatoms. The Morgan fingerprint density at radius 3 is 2.71 bits per heavy atom. The van der Waals surface area contributed by atoms with Gasteiger partial charge in [-0.25, -0.2) is 9.37 Å². The maximum Gasteiger partial charge on any atom is 0.263 e. The lowest BCUT2D eigenvalue weighted by Gasteiger charge is -2.32. The smallest absolute Gasteiger partial charge is 0.263 e. The molecule has 0 unspecified atom stereocenters. The number of carbonyl (C=O) groups excluding carboxylic acids is 1. The molecule has 4 aromatic rings. The summed E-state index contributed by atoms with van der Waals surface area (Å²) >= 11 is 0. The first-order chi connectivity index (χ1) is 16.6. The topological polar surface area (TPSA) is 93.4 Å². The summed E-state index contributed by atoms with van der Waals surface area (Å²) in [5.41, 5.74) is 2.47. The number of amides is 1. The molecule has 2 aromatic heterocycles. The Labute approximate surface area is 195 Å². The summed E-state index contributed by atoms with van der Waals surface area (Å²) in [6.07, 6.45) is 2.83. The van der Waals surface area contributed by atoms with Crippen LogP contribution in [-0.2, 0) is 11.3 Å². The van der Waals surface area contributed by atoms with Crippen molar-refractivity contribution in [3.05, 3.63) is 66.2 Å². The molecule has 1 amide bonds. The van der Waals surface area contributed by atoms with Crippen LogP contribution in [0.4, 0.5) is 10.2 Å². The molecule has 0 atom stereocenters. The van der Waals surface area contributed by atoms with Gasteiger partial charge in [0, 0.05) is 31.1 Å². The number of ether oxygens (including phenoxy) is 1. The molecule has 3 heterocycles. The number of piperidine rings is 1. The fraction of sp³-hybridized carbons (Fsp3) is 0.280. The second-order valence-corrected chi connectivity index (χ2v) is 8.25. The fourth-order valence-electron chi connectivity index (χ4n) is 4.27. The lowest BCUT2D eigenvalue weighted by Crippen LogP contribution is -2.40. The number of hydrogen-bond acceptors (Lipinski definition) is 7. The molecular weight excluding hydrogens is 437 g/mol. The Morgan fingerprint density at radius 2 is 1.97 bits per heavy atom. The zero-order valence-electron chi connectivity index (χ0n) is 18.7. The first-order valence-corrected chi connectivity index (χ1v) is 11.1. The van der Waals surface area contributed by atoms with Gasteiger partial charge >= 0.3 is 0 Å². The van der Waals surface area contributed by atoms with Crippen molar-refractivity contribution in [2.24, 2.45) is 5.92 Å². The van der Waals surface area contributed by atoms with Crippen molar-refractivity contribution in [3.63, 3.8) is 0 Å². The Hall–Kier alpha value is -4.01. The number of rotatable bonds is 6. The predicted octanol–water partition coefficient (Wildman–Crippen LogP) is 3.97. The van der Waals surface area contributed by atoms with E-state index in [-0.39, 0.29) is 17.6 Å². The first-order valence-electron chi connectivity index (χ1n) is 11.1. The van der Waals surface area contributed by atoms with Crippen LogP contribution in [0.3, 0.4) is 0 Å². The molecule has 1 aliphatic rings. The third kappa shape index (κ3) is 4.41. The maximum absolute atomic E-state index is 13.8. The third-order valence-electron chi connectivity index (χ3n) is 6.14. The molecule has 0 saturated carbocycles. The Bertz CT molecular complexity index is 1300. The van der Waals surface area contributed by atoms with E-state index in [0.717, 1.165) is 11.3 Å². The minimum atomic E-state index is -0.353. The molecule has 1 saturated heterocycles. The monoisotopic (exact) mass is 461 g/mol. The molecule has 1 N–H and O–H groups in total. The number of nitrogens with one attached hydrogen (secondary N) is 1. The normalized spacial score (nSPS) is 14.4. The SMILES string of the molecule is COc1ccc(CNC(=O)C2CCN(c3ncnc4onc(-c5cccc(F)c5)c34)CC2)cc1. The first kappa shape index (κ1) is 21.8. The van der Waals surface area contributed by atoms with E-state index in [4.69, 9.17) is 9.26 Å². The van der Waals surface area contributed by atoms with Gasteiger partial charge in [-0.05, 0) is 42.7 Å². The number of nitrogens with zero attached hydrogens (tertiary/aromatic N) is 4. The Kier molecular flexibility index (Phi) is 6.07. The number of aromatic nitrogens is 3. The molecule has 1 fully saturated rings. The maximum atomic E-state index is 13.8. The molecule has 174 valence electrons. The van der Waals surface area contributed by atoms with Gasteiger partial charge in [-0.2, -0.15) is 4.98 Å². The summed E-state index contributed by atoms with van der Waals surface area (Å²) in [6.45, 7) is 1.79. The van der Waals surface area contributed by atoms with Gasteiger partial charge in [0.25, 0.3) is 5.71 Å². The van der Waals surface area contributed by atoms with Crippen LogP contribution in [0.15, 0.2) is 59.4 Å². The van der Waals surface area contributed by atoms with Crippen LogP contribution < -0.4 is 15.0 Å². The van der Waals surface area contributed by atoms with Crippen LogP contribution in [0, 0.1) is 11.7 Å². The van der Waals surface area contributed by atoms with Crippen molar-refractivity contribution in [2.75, 3.05) is 25.1 Å². The lowest BCUT2D eigenvalue weighted by molar-refractivity contribution is -0.125. The Balaban J connectivity index is 1.27. The lowest BCUT2D eigenvalue weighted by atomic mass is 9.95. The number of anilines is 1. The van der Waals surface area contributed by atoms with Gasteiger partial charge in [-0.3, -0.25) is 4.79 Å². The highest BCUT2D eigenvalue weighted by atomic mass is 19.1. The van der Waals surface area contributed by atoms with E-state index in [1.165, 1.54) is 18.5 Å². The Morgan fingerprint density at radius 1 is 1.18 bits per heavy atom. The largest absolute Gasteiger partial charge is 0.497 e. The van der Waals surface area contributed by atoms with Gasteiger partial charge in [0.15, 0.2) is 0 Å². The third-order valence-corrected chi connectivity index (χ3v) is 6.14. The molecule has 0 spiro atoms. The quantitative estimate of drug-likeness (QED) is 0.464. The average molecular weight is 461 g/mol. The van der Waals surface area contributed by atoms with Gasteiger partial charge in [-0.1, -0.05) is 29.4 Å². The van der Waals surface area contributed by atoms with Gasteiger partial charge in [0.05, 0.1) is 7.11 Å². The summed E-state index contributed by atoms with van der Waals surface area (Å²) in [7, 11) is 1.63. The van der Waals surface area contributed by atoms with Crippen LogP contribution in [0.5, 0.6) is 5.75 Å². The van der Waals surface area contributed by atoms with Crippen molar-refractivity contribution in [1.82, 2.24) is 20.4 Å². The minimum absolute atomic E-state index is 0.0498. The van der Waals surface area contributed by atoms with Crippen LogP contribution >= 0.6 is 0 Å². The molecule has 2 aromatic carbocycles. The van der Waals surface area contributed by atoms with E-state index < -0.39 is 0 Å². The summed E-state index contributed by atoms with van der Waals surface area (Å²) in [5.74, 6) is 1.09. The van der Waals surface area contributed by atoms with E-state index in [2.05, 4.69) is 25.3 Å². The number of fused-ring (bicyclic) bond motifs is 1. The minimum Gasteiger partial charge on any atom is -0.497 e. The van der Waals surface area contributed by atoms with Crippen molar-refractivity contribution in [1.29, 1.82) is 0 Å². The fourth-order valence-corrected chi connectivity index (χ4v) is 4.27. The van der Waals surface area contributed by atoms with E-state index in [9.17, 15) is 9.18 Å². The number of carbonyl (C=O) groups is 1. The summed E-state index contributed by atoms with van der Waals surface area (Å²) in [4.78, 5) is 23.5. The standard InChI is InChI=1S/C25H24FN5O3/c1-33-20-7-5-16(6-8-20)14-27-24(32)17-9-11-31(12-10-17)23-21-22(18-3-2-4-19(26)13-18)30-34-25(21)29-15-28-23/h2-8,13,15,17H,9-12,14H2,1H3,(H,27,32). The average Bonchev–Trinajstić information content (AvgIpc) is 3.32. The van der Waals surface area contributed by atoms with Crippen LogP contribution in [-0.4, -0.2) is 41.2 Å². The van der Waals surface area contributed by atoms with Gasteiger partial charge in [0.1, 0.15) is 34.8 Å². The van der Waals surface area contributed by atoms with Crippen LogP contribution in [0.2, 0.25) is 0 Å². The van der Waals surface area contributed by atoms with Gasteiger partial charge in [-0.15, -0.1) is 0 Å². The molecule has 0 radical (unpaired) electrons. The van der Waals surface area contributed by atoms with Crippen molar-refractivity contribution in [2.45, 2.75) is 19.4 Å². The summed E-state index contributed by atoms with van der Waals surface area (Å²) < 4.78 is 24.4. The number of benzene rings is 2. The van der Waals surface area contributed by atoms with E-state index in [1.54, 1.807) is 19.2 Å². The highest BCUT2D eigenvalue weighted by molar-refractivity contribution is 5.98. The number of hydrogen-bond donors (Lipinski definition) is 1. The molecule has 8 nitrogen and oxygen atoms in total. The van der Waals surface area contributed by atoms with E-state index >= 15 is 0 Å². The predicted molar refractivity (Wildman–Crippen MR) is 125 cm³/mol. The molecule has 0 bridgehead atoms. The van der Waals surface area contributed by atoms with Crippen LogP contribution in [0.25, 0.3) is 22.4 Å². The summed E-state index contributed by atoms with van der Waals surface area (Å²) in [6, 6.07) is 13.8.